The van der Waals surface area contributed by atoms with Crippen molar-refractivity contribution < 1.29 is 14.3 Å². The van der Waals surface area contributed by atoms with E-state index in [9.17, 15) is 9.59 Å². The molecule has 1 N–H and O–H groups in total. The number of rotatable bonds is 4. The quantitative estimate of drug-likeness (QED) is 0.842. The first-order chi connectivity index (χ1) is 9.60. The fraction of sp³-hybridized carbons (Fsp3) is 0.500. The van der Waals surface area contributed by atoms with Crippen molar-refractivity contribution in [1.29, 1.82) is 0 Å². The summed E-state index contributed by atoms with van der Waals surface area (Å²) in [6, 6.07) is 1.25. The van der Waals surface area contributed by atoms with E-state index < -0.39 is 0 Å². The zero-order valence-electron chi connectivity index (χ0n) is 11.5. The lowest BCUT2D eigenvalue weighted by molar-refractivity contribution is -0.127. The summed E-state index contributed by atoms with van der Waals surface area (Å²) in [5.74, 6) is 0.906. The number of carbonyl (C=O) groups is 2. The van der Waals surface area contributed by atoms with E-state index in [0.29, 0.717) is 24.8 Å². The van der Waals surface area contributed by atoms with E-state index in [2.05, 4.69) is 15.3 Å². The molecule has 20 heavy (non-hydrogen) atoms. The summed E-state index contributed by atoms with van der Waals surface area (Å²) in [4.78, 5) is 34.8. The largest absolute Gasteiger partial charge is 0.383 e. The zero-order valence-corrected chi connectivity index (χ0v) is 11.5. The van der Waals surface area contributed by atoms with Gasteiger partial charge in [0.2, 0.25) is 5.91 Å². The average Bonchev–Trinajstić information content (AvgIpc) is 2.78. The van der Waals surface area contributed by atoms with Gasteiger partial charge >= 0.3 is 6.03 Å². The molecule has 0 radical (unpaired) electrons. The highest BCUT2D eigenvalue weighted by molar-refractivity contribution is 5.93. The number of carbonyl (C=O) groups excluding carboxylic acids is 2. The Hall–Kier alpha value is -2.22. The predicted octanol–water partition coefficient (Wildman–Crippen LogP) is 0.0650. The van der Waals surface area contributed by atoms with Crippen LogP contribution in [-0.2, 0) is 9.53 Å². The number of hydrogen-bond donors (Lipinski definition) is 1. The number of aromatic nitrogens is 2. The lowest BCUT2D eigenvalue weighted by Crippen LogP contribution is -2.35. The third-order valence-corrected chi connectivity index (χ3v) is 2.88. The normalized spacial score (nSPS) is 14.8. The maximum Gasteiger partial charge on any atom is 0.324 e. The fourth-order valence-corrected chi connectivity index (χ4v) is 1.85. The Morgan fingerprint density at radius 3 is 3.05 bits per heavy atom. The van der Waals surface area contributed by atoms with Crippen LogP contribution in [0.2, 0.25) is 0 Å². The van der Waals surface area contributed by atoms with Crippen molar-refractivity contribution in [3.63, 3.8) is 0 Å². The van der Waals surface area contributed by atoms with Gasteiger partial charge in [-0.15, -0.1) is 0 Å². The van der Waals surface area contributed by atoms with Crippen LogP contribution in [0.1, 0.15) is 5.82 Å². The molecule has 3 amide bonds. The van der Waals surface area contributed by atoms with Crippen molar-refractivity contribution in [1.82, 2.24) is 19.8 Å². The van der Waals surface area contributed by atoms with Crippen LogP contribution >= 0.6 is 0 Å². The van der Waals surface area contributed by atoms with Crippen LogP contribution in [0.3, 0.4) is 0 Å². The first-order valence-electron chi connectivity index (χ1n) is 6.22. The second kappa shape index (κ2) is 6.29. The molecule has 8 nitrogen and oxygen atoms in total. The summed E-state index contributed by atoms with van der Waals surface area (Å²) < 4.78 is 4.93. The van der Waals surface area contributed by atoms with Gasteiger partial charge in [0.1, 0.15) is 18.2 Å². The van der Waals surface area contributed by atoms with Crippen LogP contribution in [0.4, 0.5) is 10.6 Å². The van der Waals surface area contributed by atoms with E-state index in [1.54, 1.807) is 31.2 Å². The smallest absolute Gasteiger partial charge is 0.324 e. The lowest BCUT2D eigenvalue weighted by atomic mass is 10.5. The number of anilines is 1. The molecule has 1 aliphatic rings. The molecule has 2 heterocycles. The van der Waals surface area contributed by atoms with Crippen LogP contribution in [0.5, 0.6) is 0 Å². The molecule has 1 aromatic heterocycles. The molecule has 2 rings (SSSR count). The van der Waals surface area contributed by atoms with Crippen molar-refractivity contribution >= 4 is 17.8 Å². The van der Waals surface area contributed by atoms with E-state index in [-0.39, 0.29) is 25.2 Å². The molecule has 0 spiro atoms. The Labute approximate surface area is 116 Å². The number of methoxy groups -OCH3 is 1. The monoisotopic (exact) mass is 279 g/mol. The minimum atomic E-state index is -0.351. The van der Waals surface area contributed by atoms with Gasteiger partial charge in [-0.3, -0.25) is 15.0 Å². The summed E-state index contributed by atoms with van der Waals surface area (Å²) in [5.41, 5.74) is 0. The second-order valence-corrected chi connectivity index (χ2v) is 4.41. The zero-order chi connectivity index (χ0) is 14.5. The van der Waals surface area contributed by atoms with Gasteiger partial charge in [-0.25, -0.2) is 14.8 Å². The van der Waals surface area contributed by atoms with Crippen molar-refractivity contribution in [3.05, 3.63) is 18.1 Å². The highest BCUT2D eigenvalue weighted by Gasteiger charge is 2.30. The molecule has 0 aliphatic carbocycles. The predicted molar refractivity (Wildman–Crippen MR) is 70.9 cm³/mol. The molecular formula is C12H17N5O3. The Balaban J connectivity index is 1.92. The van der Waals surface area contributed by atoms with Gasteiger partial charge in [-0.1, -0.05) is 0 Å². The van der Waals surface area contributed by atoms with Crippen LogP contribution in [0.25, 0.3) is 0 Å². The summed E-state index contributed by atoms with van der Waals surface area (Å²) in [6.07, 6.45) is 1.57. The Morgan fingerprint density at radius 2 is 2.35 bits per heavy atom. The highest BCUT2D eigenvalue weighted by atomic mass is 16.5. The first-order valence-corrected chi connectivity index (χ1v) is 6.22. The van der Waals surface area contributed by atoms with Gasteiger partial charge in [0, 0.05) is 19.9 Å². The van der Waals surface area contributed by atoms with Crippen LogP contribution < -0.4 is 5.32 Å². The summed E-state index contributed by atoms with van der Waals surface area (Å²) in [6.45, 7) is 3.00. The molecule has 1 aromatic rings. The SMILES string of the molecule is COCCN1CN(C(=O)Nc2ccnc(C)n2)CC1=O. The Kier molecular flexibility index (Phi) is 4.46. The van der Waals surface area contributed by atoms with Crippen LogP contribution in [0.15, 0.2) is 12.3 Å². The van der Waals surface area contributed by atoms with Crippen LogP contribution in [0, 0.1) is 6.92 Å². The molecule has 0 bridgehead atoms. The molecular weight excluding hydrogens is 262 g/mol. The first kappa shape index (κ1) is 14.2. The molecule has 0 atom stereocenters. The minimum absolute atomic E-state index is 0.0691. The molecule has 1 aliphatic heterocycles. The third-order valence-electron chi connectivity index (χ3n) is 2.88. The Morgan fingerprint density at radius 1 is 1.55 bits per heavy atom. The molecule has 1 fully saturated rings. The molecule has 108 valence electrons. The maximum atomic E-state index is 12.0. The van der Waals surface area contributed by atoms with Crippen molar-refractivity contribution in [2.75, 3.05) is 38.8 Å². The third kappa shape index (κ3) is 3.41. The Bertz CT molecular complexity index is 508. The van der Waals surface area contributed by atoms with E-state index in [4.69, 9.17) is 4.74 Å². The molecule has 0 saturated carbocycles. The van der Waals surface area contributed by atoms with Crippen molar-refractivity contribution in [3.8, 4) is 0 Å². The number of hydrogen-bond acceptors (Lipinski definition) is 5. The van der Waals surface area contributed by atoms with E-state index in [0.717, 1.165) is 0 Å². The molecule has 0 aromatic carbocycles. The van der Waals surface area contributed by atoms with Gasteiger partial charge in [-0.2, -0.15) is 0 Å². The number of ether oxygens (including phenoxy) is 1. The average molecular weight is 279 g/mol. The van der Waals surface area contributed by atoms with E-state index in [1.165, 1.54) is 4.90 Å². The summed E-state index contributed by atoms with van der Waals surface area (Å²) in [7, 11) is 1.57. The molecule has 0 unspecified atom stereocenters. The van der Waals surface area contributed by atoms with Gasteiger partial charge in [0.25, 0.3) is 0 Å². The minimum Gasteiger partial charge on any atom is -0.383 e. The van der Waals surface area contributed by atoms with Gasteiger partial charge < -0.3 is 9.64 Å². The number of urea groups is 1. The number of aryl methyl sites for hydroxylation is 1. The number of amides is 3. The fourth-order valence-electron chi connectivity index (χ4n) is 1.85. The second-order valence-electron chi connectivity index (χ2n) is 4.41. The summed E-state index contributed by atoms with van der Waals surface area (Å²) in [5, 5.41) is 2.65. The topological polar surface area (TPSA) is 87.7 Å². The number of nitrogens with zero attached hydrogens (tertiary/aromatic N) is 4. The highest BCUT2D eigenvalue weighted by Crippen LogP contribution is 2.09. The molecule has 8 heteroatoms. The van der Waals surface area contributed by atoms with E-state index >= 15 is 0 Å². The number of nitrogens with one attached hydrogen (secondary N) is 1. The van der Waals surface area contributed by atoms with Gasteiger partial charge in [-0.05, 0) is 13.0 Å². The molecule has 1 saturated heterocycles. The maximum absolute atomic E-state index is 12.0. The van der Waals surface area contributed by atoms with Crippen molar-refractivity contribution in [2.45, 2.75) is 6.92 Å². The standard InChI is InChI=1S/C12H17N5O3/c1-9-13-4-3-10(14-9)15-12(19)17-7-11(18)16(8-17)5-6-20-2/h3-4H,5-8H2,1-2H3,(H,13,14,15,19). The lowest BCUT2D eigenvalue weighted by Gasteiger charge is -2.18. The summed E-state index contributed by atoms with van der Waals surface area (Å²) >= 11 is 0. The van der Waals surface area contributed by atoms with Gasteiger partial charge in [0.05, 0.1) is 13.3 Å². The van der Waals surface area contributed by atoms with E-state index in [1.807, 2.05) is 0 Å². The van der Waals surface area contributed by atoms with Crippen LogP contribution in [-0.4, -0.2) is 65.2 Å². The van der Waals surface area contributed by atoms with Crippen molar-refractivity contribution in [2.24, 2.45) is 0 Å². The van der Waals surface area contributed by atoms with Gasteiger partial charge in [0.15, 0.2) is 0 Å².